The Labute approximate surface area is 216 Å². The first kappa shape index (κ1) is 33.3. The first-order valence-electron chi connectivity index (χ1n) is 12.9. The molecule has 0 aliphatic carbocycles. The van der Waals surface area contributed by atoms with Crippen LogP contribution in [-0.4, -0.2) is 19.6 Å². The summed E-state index contributed by atoms with van der Waals surface area (Å²) in [7, 11) is -4.37. The molecule has 0 atom stereocenters. The number of unbranched alkanes of at least 4 members (excludes halogenated alkanes) is 1. The van der Waals surface area contributed by atoms with Gasteiger partial charge in [-0.1, -0.05) is 69.9 Å². The normalized spacial score (nSPS) is 14.5. The molecular formula is C30H50O4S. The molecule has 0 aliphatic rings. The van der Waals surface area contributed by atoms with Gasteiger partial charge in [0, 0.05) is 0 Å². The van der Waals surface area contributed by atoms with Gasteiger partial charge in [-0.25, -0.2) is 4.18 Å². The Bertz CT molecular complexity index is 893. The summed E-state index contributed by atoms with van der Waals surface area (Å²) < 4.78 is 34.1. The van der Waals surface area contributed by atoms with Gasteiger partial charge in [0.1, 0.15) is 0 Å². The maximum Gasteiger partial charge on any atom is 0.397 e. The largest absolute Gasteiger partial charge is 0.397 e. The van der Waals surface area contributed by atoms with Crippen LogP contribution in [-0.2, 0) is 14.6 Å². The van der Waals surface area contributed by atoms with E-state index in [1.807, 2.05) is 6.08 Å². The van der Waals surface area contributed by atoms with E-state index >= 15 is 0 Å². The van der Waals surface area contributed by atoms with Crippen LogP contribution in [0.15, 0.2) is 69.9 Å². The Morgan fingerprint density at radius 3 is 1.20 bits per heavy atom. The van der Waals surface area contributed by atoms with Crippen molar-refractivity contribution < 1.29 is 17.2 Å². The molecule has 1 N–H and O–H groups in total. The fourth-order valence-electron chi connectivity index (χ4n) is 3.52. The lowest BCUT2D eigenvalue weighted by Gasteiger charge is -2.03. The maximum atomic E-state index is 10.6. The van der Waals surface area contributed by atoms with Crippen molar-refractivity contribution in [3.8, 4) is 0 Å². The molecule has 4 nitrogen and oxygen atoms in total. The molecule has 0 radical (unpaired) electrons. The van der Waals surface area contributed by atoms with Gasteiger partial charge in [0.05, 0.1) is 6.61 Å². The number of hydrogen-bond donors (Lipinski definition) is 1. The predicted octanol–water partition coefficient (Wildman–Crippen LogP) is 9.40. The van der Waals surface area contributed by atoms with Gasteiger partial charge >= 0.3 is 10.4 Å². The van der Waals surface area contributed by atoms with Gasteiger partial charge in [0.25, 0.3) is 0 Å². The topological polar surface area (TPSA) is 63.6 Å². The second-order valence-corrected chi connectivity index (χ2v) is 11.0. The number of rotatable bonds is 18. The third-order valence-corrected chi connectivity index (χ3v) is 6.19. The van der Waals surface area contributed by atoms with E-state index in [9.17, 15) is 8.42 Å². The smallest absolute Gasteiger partial charge is 0.264 e. The molecular weight excluding hydrogens is 456 g/mol. The molecule has 0 amide bonds. The van der Waals surface area contributed by atoms with Crippen LogP contribution in [0.3, 0.4) is 0 Å². The molecule has 0 aromatic rings. The summed E-state index contributed by atoms with van der Waals surface area (Å²) in [5.41, 5.74) is 7.94. The Hall–Kier alpha value is -1.69. The zero-order chi connectivity index (χ0) is 26.7. The van der Waals surface area contributed by atoms with Crippen LogP contribution in [0.5, 0.6) is 0 Å². The van der Waals surface area contributed by atoms with E-state index in [-0.39, 0.29) is 6.61 Å². The fourth-order valence-corrected chi connectivity index (χ4v) is 3.86. The molecule has 0 heterocycles. The molecule has 0 rings (SSSR count). The van der Waals surface area contributed by atoms with Gasteiger partial charge in [-0.05, 0) is 113 Å². The highest BCUT2D eigenvalue weighted by molar-refractivity contribution is 7.80. The third-order valence-electron chi connectivity index (χ3n) is 5.77. The van der Waals surface area contributed by atoms with Gasteiger partial charge in [-0.15, -0.1) is 0 Å². The van der Waals surface area contributed by atoms with E-state index in [2.05, 4.69) is 76.1 Å². The Kier molecular flexibility index (Phi) is 18.6. The van der Waals surface area contributed by atoms with Crippen molar-refractivity contribution in [3.05, 3.63) is 69.9 Å². The van der Waals surface area contributed by atoms with Crippen molar-refractivity contribution >= 4 is 10.4 Å². The highest BCUT2D eigenvalue weighted by Crippen LogP contribution is 2.14. The van der Waals surface area contributed by atoms with Crippen molar-refractivity contribution in [2.45, 2.75) is 113 Å². The molecule has 0 fully saturated rings. The summed E-state index contributed by atoms with van der Waals surface area (Å²) in [5, 5.41) is 0. The minimum Gasteiger partial charge on any atom is -0.264 e. The van der Waals surface area contributed by atoms with Crippen molar-refractivity contribution in [1.29, 1.82) is 0 Å². The van der Waals surface area contributed by atoms with Gasteiger partial charge in [0.15, 0.2) is 0 Å². The Balaban J connectivity index is 4.14. The van der Waals surface area contributed by atoms with Crippen molar-refractivity contribution in [3.63, 3.8) is 0 Å². The Morgan fingerprint density at radius 1 is 0.543 bits per heavy atom. The molecule has 0 aliphatic heterocycles. The molecule has 0 saturated heterocycles. The lowest BCUT2D eigenvalue weighted by molar-refractivity contribution is 0.290. The predicted molar refractivity (Wildman–Crippen MR) is 152 cm³/mol. The van der Waals surface area contributed by atoms with Crippen LogP contribution in [0.1, 0.15) is 113 Å². The second-order valence-electron chi connectivity index (χ2n) is 9.96. The summed E-state index contributed by atoms with van der Waals surface area (Å²) in [6, 6.07) is 0. The van der Waals surface area contributed by atoms with Crippen LogP contribution < -0.4 is 0 Å². The molecule has 5 heteroatoms. The fraction of sp³-hybridized carbons (Fsp3) is 0.600. The zero-order valence-electron chi connectivity index (χ0n) is 23.3. The minimum atomic E-state index is -4.37. The highest BCUT2D eigenvalue weighted by Gasteiger charge is 2.03. The van der Waals surface area contributed by atoms with Crippen LogP contribution in [0, 0.1) is 0 Å². The summed E-state index contributed by atoms with van der Waals surface area (Å²) in [6.07, 6.45) is 24.4. The second kappa shape index (κ2) is 19.5. The van der Waals surface area contributed by atoms with E-state index in [0.29, 0.717) is 0 Å². The van der Waals surface area contributed by atoms with Gasteiger partial charge in [-0.3, -0.25) is 4.55 Å². The average molecular weight is 507 g/mol. The molecule has 200 valence electrons. The third kappa shape index (κ3) is 23.8. The van der Waals surface area contributed by atoms with Crippen LogP contribution in [0.2, 0.25) is 0 Å². The number of hydrogen-bond acceptors (Lipinski definition) is 3. The lowest BCUT2D eigenvalue weighted by Crippen LogP contribution is -2.05. The standard InChI is InChI=1S/C30H50O4S/c1-25(2)14-10-17-28(5)20-11-18-26(3)15-8-9-16-27(4)19-12-21-29(6)22-13-23-30(7)24-34-35(31,32)33/h14-16,20-21,23H,8-13,17-19,22,24H2,1-7H3,(H,31,32,33)/b26-15+,27-16+,28-20+,29-21+,30-23+. The van der Waals surface area contributed by atoms with Crippen molar-refractivity contribution in [1.82, 2.24) is 0 Å². The Morgan fingerprint density at radius 2 is 0.857 bits per heavy atom. The quantitative estimate of drug-likeness (QED) is 0.114. The van der Waals surface area contributed by atoms with E-state index in [4.69, 9.17) is 4.55 Å². The average Bonchev–Trinajstić information content (AvgIpc) is 2.74. The zero-order valence-corrected chi connectivity index (χ0v) is 24.1. The molecule has 0 saturated carbocycles. The molecule has 0 aromatic heterocycles. The lowest BCUT2D eigenvalue weighted by atomic mass is 10.0. The minimum absolute atomic E-state index is 0.103. The van der Waals surface area contributed by atoms with E-state index in [1.165, 1.54) is 34.3 Å². The molecule has 35 heavy (non-hydrogen) atoms. The summed E-state index contributed by atoms with van der Waals surface area (Å²) in [6.45, 7) is 14.8. The molecule has 0 unspecified atom stereocenters. The summed E-state index contributed by atoms with van der Waals surface area (Å²) in [4.78, 5) is 0. The first-order valence-corrected chi connectivity index (χ1v) is 14.3. The van der Waals surface area contributed by atoms with Crippen molar-refractivity contribution in [2.75, 3.05) is 6.61 Å². The van der Waals surface area contributed by atoms with Gasteiger partial charge < -0.3 is 0 Å². The van der Waals surface area contributed by atoms with Crippen LogP contribution in [0.4, 0.5) is 0 Å². The van der Waals surface area contributed by atoms with E-state index in [0.717, 1.165) is 63.4 Å². The van der Waals surface area contributed by atoms with E-state index in [1.54, 1.807) is 6.92 Å². The first-order chi connectivity index (χ1) is 16.4. The highest BCUT2D eigenvalue weighted by atomic mass is 32.3. The van der Waals surface area contributed by atoms with Crippen LogP contribution >= 0.6 is 0 Å². The summed E-state index contributed by atoms with van der Waals surface area (Å²) >= 11 is 0. The summed E-state index contributed by atoms with van der Waals surface area (Å²) in [5.74, 6) is 0. The molecule has 0 bridgehead atoms. The monoisotopic (exact) mass is 506 g/mol. The van der Waals surface area contributed by atoms with Gasteiger partial charge in [-0.2, -0.15) is 8.42 Å². The van der Waals surface area contributed by atoms with Crippen molar-refractivity contribution in [2.24, 2.45) is 0 Å². The van der Waals surface area contributed by atoms with Gasteiger partial charge in [0.2, 0.25) is 0 Å². The van der Waals surface area contributed by atoms with E-state index < -0.39 is 10.4 Å². The molecule has 0 aromatic carbocycles. The molecule has 0 spiro atoms. The number of allylic oxidation sites excluding steroid dienone is 11. The SMILES string of the molecule is CC(C)=CCC/C(C)=C/CC/C(C)=C/CC/C=C(\C)CC/C=C(\C)CC/C=C(\C)COS(=O)(=O)O. The maximum absolute atomic E-state index is 10.6. The van der Waals surface area contributed by atoms with Crippen LogP contribution in [0.25, 0.3) is 0 Å².